The summed E-state index contributed by atoms with van der Waals surface area (Å²) in [5.74, 6) is 0.930. The van der Waals surface area contributed by atoms with Gasteiger partial charge in [-0.05, 0) is 56.5 Å². The molecule has 1 aliphatic heterocycles. The molecule has 29 heavy (non-hydrogen) atoms. The molecule has 2 heterocycles. The van der Waals surface area contributed by atoms with Crippen LogP contribution in [-0.4, -0.2) is 55.8 Å². The Bertz CT molecular complexity index is 924. The topological polar surface area (TPSA) is 53.5 Å². The number of rotatable bonds is 7. The molecule has 1 saturated heterocycles. The van der Waals surface area contributed by atoms with Crippen molar-refractivity contribution < 1.29 is 8.42 Å². The lowest BCUT2D eigenvalue weighted by atomic mass is 9.81. The van der Waals surface area contributed by atoms with Crippen molar-refractivity contribution in [2.24, 2.45) is 0 Å². The van der Waals surface area contributed by atoms with E-state index < -0.39 is 14.6 Å². The molecule has 1 saturated carbocycles. The van der Waals surface area contributed by atoms with Crippen LogP contribution in [0.3, 0.4) is 0 Å². The van der Waals surface area contributed by atoms with Gasteiger partial charge in [0.2, 0.25) is 0 Å². The molecule has 1 aliphatic carbocycles. The summed E-state index contributed by atoms with van der Waals surface area (Å²) in [6.07, 6.45) is 4.26. The number of hydrogen-bond donors (Lipinski definition) is 0. The molecule has 1 aromatic carbocycles. The van der Waals surface area contributed by atoms with Gasteiger partial charge in [-0.1, -0.05) is 42.3 Å². The molecule has 2 fully saturated rings. The van der Waals surface area contributed by atoms with Crippen molar-refractivity contribution in [1.82, 2.24) is 9.88 Å². The molecule has 1 aromatic heterocycles. The minimum absolute atomic E-state index is 0.474. The summed E-state index contributed by atoms with van der Waals surface area (Å²) in [6, 6.07) is 14.7. The Morgan fingerprint density at radius 3 is 2.31 bits per heavy atom. The van der Waals surface area contributed by atoms with Crippen LogP contribution in [0, 0.1) is 0 Å². The van der Waals surface area contributed by atoms with Crippen LogP contribution >= 0.6 is 11.6 Å². The van der Waals surface area contributed by atoms with Gasteiger partial charge in [-0.3, -0.25) is 4.90 Å². The third-order valence-electron chi connectivity index (χ3n) is 6.39. The molecule has 0 N–H and O–H groups in total. The van der Waals surface area contributed by atoms with Gasteiger partial charge in [-0.2, -0.15) is 0 Å². The Labute approximate surface area is 178 Å². The second kappa shape index (κ2) is 8.62. The standard InChI is InChI=1S/C22H28ClN3O2S/c23-20-9-4-10-21(24-20)26-17-15-25(16-18-26)14-6-13-22(11-5-12-22)29(27,28)19-7-2-1-3-8-19/h1-4,7-10H,5-6,11-18H2. The zero-order valence-electron chi connectivity index (χ0n) is 16.6. The van der Waals surface area contributed by atoms with E-state index in [9.17, 15) is 8.42 Å². The summed E-state index contributed by atoms with van der Waals surface area (Å²) >= 11 is 6.01. The highest BCUT2D eigenvalue weighted by atomic mass is 35.5. The second-order valence-electron chi connectivity index (χ2n) is 8.10. The van der Waals surface area contributed by atoms with E-state index in [1.807, 2.05) is 30.3 Å². The van der Waals surface area contributed by atoms with Gasteiger partial charge in [-0.15, -0.1) is 0 Å². The van der Waals surface area contributed by atoms with Gasteiger partial charge in [0, 0.05) is 26.2 Å². The lowest BCUT2D eigenvalue weighted by Crippen LogP contribution is -2.48. The normalized spacial score (nSPS) is 19.7. The lowest BCUT2D eigenvalue weighted by molar-refractivity contribution is 0.233. The number of benzene rings is 1. The summed E-state index contributed by atoms with van der Waals surface area (Å²) in [4.78, 5) is 9.56. The monoisotopic (exact) mass is 433 g/mol. The van der Waals surface area contributed by atoms with Gasteiger partial charge >= 0.3 is 0 Å². The summed E-state index contributed by atoms with van der Waals surface area (Å²) in [7, 11) is -3.26. The molecule has 5 nitrogen and oxygen atoms in total. The molecule has 0 bridgehead atoms. The van der Waals surface area contributed by atoms with E-state index in [0.717, 1.165) is 70.6 Å². The summed E-state index contributed by atoms with van der Waals surface area (Å²) < 4.78 is 25.9. The molecule has 0 radical (unpaired) electrons. The first-order chi connectivity index (χ1) is 14.0. The summed E-state index contributed by atoms with van der Waals surface area (Å²) in [5, 5.41) is 0.523. The first-order valence-electron chi connectivity index (χ1n) is 10.4. The molecule has 0 unspecified atom stereocenters. The number of sulfone groups is 1. The quantitative estimate of drug-likeness (QED) is 0.617. The van der Waals surface area contributed by atoms with Crippen molar-refractivity contribution in [3.05, 3.63) is 53.7 Å². The lowest BCUT2D eigenvalue weighted by Gasteiger charge is -2.42. The van der Waals surface area contributed by atoms with Crippen LogP contribution in [0.25, 0.3) is 0 Å². The van der Waals surface area contributed by atoms with Crippen molar-refractivity contribution in [1.29, 1.82) is 0 Å². The minimum atomic E-state index is -3.26. The molecule has 2 aromatic rings. The first kappa shape index (κ1) is 20.6. The maximum atomic E-state index is 13.2. The van der Waals surface area contributed by atoms with Gasteiger partial charge in [0.15, 0.2) is 9.84 Å². The largest absolute Gasteiger partial charge is 0.354 e. The number of anilines is 1. The number of piperazine rings is 1. The molecular formula is C22H28ClN3O2S. The minimum Gasteiger partial charge on any atom is -0.354 e. The fourth-order valence-corrected chi connectivity index (χ4v) is 6.89. The predicted molar refractivity (Wildman–Crippen MR) is 117 cm³/mol. The Kier molecular flexibility index (Phi) is 6.13. The van der Waals surface area contributed by atoms with Crippen LogP contribution < -0.4 is 4.90 Å². The molecule has 156 valence electrons. The van der Waals surface area contributed by atoms with E-state index in [1.165, 1.54) is 0 Å². The third kappa shape index (κ3) is 4.30. The average Bonchev–Trinajstić information content (AvgIpc) is 2.71. The van der Waals surface area contributed by atoms with Gasteiger partial charge < -0.3 is 4.90 Å². The van der Waals surface area contributed by atoms with Crippen LogP contribution in [0.1, 0.15) is 32.1 Å². The van der Waals surface area contributed by atoms with Crippen LogP contribution in [-0.2, 0) is 9.84 Å². The van der Waals surface area contributed by atoms with Crippen molar-refractivity contribution in [3.8, 4) is 0 Å². The van der Waals surface area contributed by atoms with Gasteiger partial charge in [0.25, 0.3) is 0 Å². The maximum Gasteiger partial charge on any atom is 0.184 e. The molecular weight excluding hydrogens is 406 g/mol. The smallest absolute Gasteiger partial charge is 0.184 e. The highest BCUT2D eigenvalue weighted by Gasteiger charge is 2.48. The van der Waals surface area contributed by atoms with E-state index >= 15 is 0 Å². The maximum absolute atomic E-state index is 13.2. The van der Waals surface area contributed by atoms with E-state index in [1.54, 1.807) is 18.2 Å². The van der Waals surface area contributed by atoms with E-state index in [4.69, 9.17) is 11.6 Å². The Hall–Kier alpha value is -1.63. The fourth-order valence-electron chi connectivity index (χ4n) is 4.47. The zero-order chi connectivity index (χ0) is 20.3. The number of halogens is 1. The fraction of sp³-hybridized carbons (Fsp3) is 0.500. The Morgan fingerprint density at radius 1 is 0.966 bits per heavy atom. The number of hydrogen-bond acceptors (Lipinski definition) is 5. The van der Waals surface area contributed by atoms with E-state index in [-0.39, 0.29) is 0 Å². The Balaban J connectivity index is 1.30. The molecule has 2 aliphatic rings. The number of aromatic nitrogens is 1. The molecule has 0 amide bonds. The number of pyridine rings is 1. The summed E-state index contributed by atoms with van der Waals surface area (Å²) in [5.41, 5.74) is 0. The van der Waals surface area contributed by atoms with E-state index in [2.05, 4.69) is 14.8 Å². The Morgan fingerprint density at radius 2 is 1.69 bits per heavy atom. The number of nitrogens with zero attached hydrogens (tertiary/aromatic N) is 3. The second-order valence-corrected chi connectivity index (χ2v) is 10.8. The van der Waals surface area contributed by atoms with Crippen LogP contribution in [0.5, 0.6) is 0 Å². The third-order valence-corrected chi connectivity index (χ3v) is 9.25. The van der Waals surface area contributed by atoms with Crippen LogP contribution in [0.15, 0.2) is 53.4 Å². The van der Waals surface area contributed by atoms with Gasteiger partial charge in [0.1, 0.15) is 11.0 Å². The van der Waals surface area contributed by atoms with Crippen molar-refractivity contribution >= 4 is 27.3 Å². The van der Waals surface area contributed by atoms with Crippen molar-refractivity contribution in [2.45, 2.75) is 41.7 Å². The van der Waals surface area contributed by atoms with Gasteiger partial charge in [0.05, 0.1) is 9.64 Å². The zero-order valence-corrected chi connectivity index (χ0v) is 18.2. The molecule has 4 rings (SSSR count). The summed E-state index contributed by atoms with van der Waals surface area (Å²) in [6.45, 7) is 4.71. The van der Waals surface area contributed by atoms with Gasteiger partial charge in [-0.25, -0.2) is 13.4 Å². The first-order valence-corrected chi connectivity index (χ1v) is 12.3. The highest BCUT2D eigenvalue weighted by molar-refractivity contribution is 7.93. The molecule has 0 atom stereocenters. The van der Waals surface area contributed by atoms with E-state index in [0.29, 0.717) is 10.0 Å². The highest BCUT2D eigenvalue weighted by Crippen LogP contribution is 2.46. The van der Waals surface area contributed by atoms with Crippen molar-refractivity contribution in [2.75, 3.05) is 37.6 Å². The predicted octanol–water partition coefficient (Wildman–Crippen LogP) is 4.03. The molecule has 0 spiro atoms. The van der Waals surface area contributed by atoms with Crippen molar-refractivity contribution in [3.63, 3.8) is 0 Å². The average molecular weight is 434 g/mol. The SMILES string of the molecule is O=S(=O)(c1ccccc1)C1(CCCN2CCN(c3cccc(Cl)n3)CC2)CCC1. The van der Waals surface area contributed by atoms with Crippen LogP contribution in [0.4, 0.5) is 5.82 Å². The van der Waals surface area contributed by atoms with Crippen LogP contribution in [0.2, 0.25) is 5.15 Å². The molecule has 7 heteroatoms.